The molecule has 0 radical (unpaired) electrons. The maximum atomic E-state index is 12.5. The molecule has 1 aliphatic carbocycles. The molecular formula is C16H16N2O3S2. The number of allylic oxidation sites excluding steroid dienone is 2. The Morgan fingerprint density at radius 2 is 2.04 bits per heavy atom. The van der Waals surface area contributed by atoms with Crippen LogP contribution in [0.4, 0.5) is 5.69 Å². The molecule has 0 bridgehead atoms. The van der Waals surface area contributed by atoms with Crippen molar-refractivity contribution in [3.05, 3.63) is 30.4 Å². The highest BCUT2D eigenvalue weighted by Gasteiger charge is 2.33. The average Bonchev–Trinajstić information content (AvgIpc) is 2.97. The van der Waals surface area contributed by atoms with E-state index < -0.39 is 17.8 Å². The summed E-state index contributed by atoms with van der Waals surface area (Å²) in [6.45, 7) is 0. The number of hydrogen-bond donors (Lipinski definition) is 2. The van der Waals surface area contributed by atoms with Gasteiger partial charge in [-0.05, 0) is 37.3 Å². The summed E-state index contributed by atoms with van der Waals surface area (Å²) >= 11 is 3.16. The lowest BCUT2D eigenvalue weighted by molar-refractivity contribution is -0.146. The number of thiazole rings is 1. The molecule has 1 aromatic heterocycles. The van der Waals surface area contributed by atoms with Gasteiger partial charge in [0.2, 0.25) is 5.91 Å². The summed E-state index contributed by atoms with van der Waals surface area (Å²) in [6, 6.07) is 5.56. The number of carbonyl (C=O) groups is 2. The van der Waals surface area contributed by atoms with Gasteiger partial charge < -0.3 is 10.4 Å². The van der Waals surface area contributed by atoms with Gasteiger partial charge in [0.25, 0.3) is 0 Å². The standard InChI is InChI=1S/C16H16N2O3S2/c1-22-16-18-12-7-6-9(8-13(12)23-16)17-14(19)10-4-2-3-5-11(10)15(20)21/h2-3,6-8,10-11H,4-5H2,1H3,(H,17,19)(H,20,21)/t10-,11-/m0/s1. The number of carbonyl (C=O) groups excluding carboxylic acids is 1. The number of hydrogen-bond acceptors (Lipinski definition) is 5. The number of aliphatic carboxylic acids is 1. The predicted molar refractivity (Wildman–Crippen MR) is 93.0 cm³/mol. The normalized spacial score (nSPS) is 20.6. The van der Waals surface area contributed by atoms with Gasteiger partial charge in [-0.25, -0.2) is 4.98 Å². The van der Waals surface area contributed by atoms with Crippen molar-refractivity contribution < 1.29 is 14.7 Å². The third-order valence-electron chi connectivity index (χ3n) is 3.90. The van der Waals surface area contributed by atoms with Crippen LogP contribution in [0.2, 0.25) is 0 Å². The summed E-state index contributed by atoms with van der Waals surface area (Å²) in [5.41, 5.74) is 1.58. The van der Waals surface area contributed by atoms with Gasteiger partial charge in [0.1, 0.15) is 0 Å². The van der Waals surface area contributed by atoms with E-state index in [1.807, 2.05) is 30.5 Å². The number of thioether (sulfide) groups is 1. The Morgan fingerprint density at radius 3 is 2.74 bits per heavy atom. The molecule has 1 heterocycles. The zero-order chi connectivity index (χ0) is 16.4. The Bertz CT molecular complexity index is 785. The van der Waals surface area contributed by atoms with Crippen molar-refractivity contribution >= 4 is 50.9 Å². The number of benzene rings is 1. The van der Waals surface area contributed by atoms with Crippen LogP contribution in [0.1, 0.15) is 12.8 Å². The molecule has 0 spiro atoms. The first-order chi connectivity index (χ1) is 11.1. The molecule has 1 amide bonds. The summed E-state index contributed by atoms with van der Waals surface area (Å²) < 4.78 is 1.98. The second kappa shape index (κ2) is 6.72. The monoisotopic (exact) mass is 348 g/mol. The molecule has 0 aliphatic heterocycles. The Labute approximate surface area is 141 Å². The number of rotatable bonds is 4. The van der Waals surface area contributed by atoms with Gasteiger partial charge in [0.05, 0.1) is 22.1 Å². The maximum absolute atomic E-state index is 12.5. The number of fused-ring (bicyclic) bond motifs is 1. The molecule has 1 aromatic carbocycles. The topological polar surface area (TPSA) is 79.3 Å². The molecule has 0 unspecified atom stereocenters. The summed E-state index contributed by atoms with van der Waals surface area (Å²) in [5.74, 6) is -2.35. The van der Waals surface area contributed by atoms with Gasteiger partial charge in [-0.3, -0.25) is 9.59 Å². The molecule has 0 fully saturated rings. The number of carboxylic acid groups (broad SMARTS) is 1. The zero-order valence-corrected chi connectivity index (χ0v) is 14.1. The van der Waals surface area contributed by atoms with E-state index in [1.54, 1.807) is 29.2 Å². The van der Waals surface area contributed by atoms with Crippen molar-refractivity contribution in [2.45, 2.75) is 17.2 Å². The van der Waals surface area contributed by atoms with Crippen molar-refractivity contribution in [2.75, 3.05) is 11.6 Å². The van der Waals surface area contributed by atoms with Gasteiger partial charge in [-0.2, -0.15) is 0 Å². The number of carboxylic acids is 1. The fourth-order valence-electron chi connectivity index (χ4n) is 2.68. The van der Waals surface area contributed by atoms with Gasteiger partial charge in [0.15, 0.2) is 4.34 Å². The highest BCUT2D eigenvalue weighted by molar-refractivity contribution is 8.00. The highest BCUT2D eigenvalue weighted by Crippen LogP contribution is 2.31. The third kappa shape index (κ3) is 3.40. The van der Waals surface area contributed by atoms with Crippen LogP contribution in [0.3, 0.4) is 0 Å². The quantitative estimate of drug-likeness (QED) is 0.651. The van der Waals surface area contributed by atoms with E-state index in [0.717, 1.165) is 14.6 Å². The lowest BCUT2D eigenvalue weighted by Gasteiger charge is -2.24. The fraction of sp³-hybridized carbons (Fsp3) is 0.312. The fourth-order valence-corrected chi connectivity index (χ4v) is 4.21. The van der Waals surface area contributed by atoms with Crippen molar-refractivity contribution in [1.29, 1.82) is 0 Å². The smallest absolute Gasteiger partial charge is 0.307 e. The minimum absolute atomic E-state index is 0.240. The second-order valence-corrected chi connectivity index (χ2v) is 7.43. The molecule has 1 aliphatic rings. The third-order valence-corrected chi connectivity index (χ3v) is 5.90. The summed E-state index contributed by atoms with van der Waals surface area (Å²) in [6.07, 6.45) is 6.54. The first-order valence-corrected chi connectivity index (χ1v) is 9.26. The van der Waals surface area contributed by atoms with E-state index >= 15 is 0 Å². The molecule has 120 valence electrons. The molecule has 7 heteroatoms. The van der Waals surface area contributed by atoms with Gasteiger partial charge in [-0.15, -0.1) is 11.3 Å². The van der Waals surface area contributed by atoms with Gasteiger partial charge >= 0.3 is 5.97 Å². The largest absolute Gasteiger partial charge is 0.481 e. The van der Waals surface area contributed by atoms with Crippen LogP contribution < -0.4 is 5.32 Å². The Morgan fingerprint density at radius 1 is 1.30 bits per heavy atom. The minimum atomic E-state index is -0.919. The van der Waals surface area contributed by atoms with E-state index in [0.29, 0.717) is 18.5 Å². The Balaban J connectivity index is 1.79. The summed E-state index contributed by atoms with van der Waals surface area (Å²) in [7, 11) is 0. The molecule has 0 saturated heterocycles. The lowest BCUT2D eigenvalue weighted by atomic mass is 9.82. The Kier molecular flexibility index (Phi) is 4.68. The van der Waals surface area contributed by atoms with Crippen LogP contribution in [0.5, 0.6) is 0 Å². The molecule has 3 rings (SSSR count). The zero-order valence-electron chi connectivity index (χ0n) is 12.5. The van der Waals surface area contributed by atoms with Crippen LogP contribution in [0.15, 0.2) is 34.7 Å². The van der Waals surface area contributed by atoms with Crippen molar-refractivity contribution in [3.8, 4) is 0 Å². The Hall–Kier alpha value is -1.86. The van der Waals surface area contributed by atoms with Gasteiger partial charge in [-0.1, -0.05) is 23.9 Å². The van der Waals surface area contributed by atoms with Gasteiger partial charge in [0, 0.05) is 5.69 Å². The van der Waals surface area contributed by atoms with Crippen molar-refractivity contribution in [1.82, 2.24) is 4.98 Å². The van der Waals surface area contributed by atoms with Crippen LogP contribution >= 0.6 is 23.1 Å². The van der Waals surface area contributed by atoms with E-state index in [2.05, 4.69) is 10.3 Å². The van der Waals surface area contributed by atoms with E-state index in [-0.39, 0.29) is 5.91 Å². The first-order valence-electron chi connectivity index (χ1n) is 7.21. The molecule has 2 aromatic rings. The van der Waals surface area contributed by atoms with Crippen LogP contribution in [-0.2, 0) is 9.59 Å². The molecule has 2 N–H and O–H groups in total. The molecule has 0 saturated carbocycles. The average molecular weight is 348 g/mol. The van der Waals surface area contributed by atoms with E-state index in [9.17, 15) is 14.7 Å². The number of amides is 1. The SMILES string of the molecule is CSc1nc2ccc(NC(=O)[C@H]3CC=CC[C@@H]3C(=O)O)cc2s1. The predicted octanol–water partition coefficient (Wildman–Crippen LogP) is 3.62. The molecular weight excluding hydrogens is 332 g/mol. The van der Waals surface area contributed by atoms with Crippen molar-refractivity contribution in [2.24, 2.45) is 11.8 Å². The second-order valence-electron chi connectivity index (χ2n) is 5.35. The maximum Gasteiger partial charge on any atom is 0.307 e. The van der Waals surface area contributed by atoms with E-state index in [4.69, 9.17) is 0 Å². The number of aromatic nitrogens is 1. The van der Waals surface area contributed by atoms with Crippen LogP contribution in [0, 0.1) is 11.8 Å². The lowest BCUT2D eigenvalue weighted by Crippen LogP contribution is -2.34. The number of anilines is 1. The van der Waals surface area contributed by atoms with E-state index in [1.165, 1.54) is 0 Å². The summed E-state index contributed by atoms with van der Waals surface area (Å²) in [4.78, 5) is 28.2. The van der Waals surface area contributed by atoms with Crippen LogP contribution in [0.25, 0.3) is 10.2 Å². The summed E-state index contributed by atoms with van der Waals surface area (Å²) in [5, 5.41) is 12.1. The molecule has 5 nitrogen and oxygen atoms in total. The molecule has 2 atom stereocenters. The first kappa shape index (κ1) is 16.0. The minimum Gasteiger partial charge on any atom is -0.481 e. The molecule has 23 heavy (non-hydrogen) atoms. The van der Waals surface area contributed by atoms with Crippen molar-refractivity contribution in [3.63, 3.8) is 0 Å². The number of nitrogens with one attached hydrogen (secondary N) is 1. The van der Waals surface area contributed by atoms with Crippen LogP contribution in [-0.4, -0.2) is 28.2 Å². The number of nitrogens with zero attached hydrogens (tertiary/aromatic N) is 1. The highest BCUT2D eigenvalue weighted by atomic mass is 32.2.